The van der Waals surface area contributed by atoms with Crippen LogP contribution in [0, 0.1) is 12.3 Å². The molecule has 1 N–H and O–H groups in total. The molecule has 64 valence electrons. The van der Waals surface area contributed by atoms with Gasteiger partial charge < -0.3 is 10.1 Å². The Morgan fingerprint density at radius 3 is 2.92 bits per heavy atom. The molecule has 1 heterocycles. The van der Waals surface area contributed by atoms with Gasteiger partial charge in [-0.15, -0.1) is 18.2 Å². The van der Waals surface area contributed by atoms with Crippen LogP contribution in [0.4, 0.5) is 4.79 Å². The number of hydrogen-bond acceptors (Lipinski definition) is 4. The van der Waals surface area contributed by atoms with Gasteiger partial charge in [-0.2, -0.15) is 0 Å². The largest absolute Gasteiger partial charge is 0.415 e. The van der Waals surface area contributed by atoms with E-state index in [-0.39, 0.29) is 0 Å². The second-order valence-electron chi connectivity index (χ2n) is 2.12. The van der Waals surface area contributed by atoms with Crippen molar-refractivity contribution in [3.8, 4) is 12.3 Å². The molecule has 0 spiro atoms. The molecule has 0 saturated carbocycles. The fraction of sp³-hybridized carbons (Fsp3) is 0.429. The van der Waals surface area contributed by atoms with Crippen molar-refractivity contribution >= 4 is 23.8 Å². The third-order valence-electron chi connectivity index (χ3n) is 1.24. The Kier molecular flexibility index (Phi) is 3.00. The molecule has 0 aromatic heterocycles. The first-order valence-electron chi connectivity index (χ1n) is 3.27. The maximum absolute atomic E-state index is 10.8. The van der Waals surface area contributed by atoms with Crippen LogP contribution < -0.4 is 5.32 Å². The van der Waals surface area contributed by atoms with Gasteiger partial charge in [-0.3, -0.25) is 0 Å². The Morgan fingerprint density at radius 1 is 1.67 bits per heavy atom. The van der Waals surface area contributed by atoms with Gasteiger partial charge in [0.2, 0.25) is 0 Å². The molecule has 1 atom stereocenters. The minimum absolute atomic E-state index is 0.467. The topological polar surface area (TPSA) is 55.4 Å². The molecule has 0 radical (unpaired) electrons. The van der Waals surface area contributed by atoms with E-state index in [1.165, 1.54) is 11.8 Å². The third-order valence-corrected chi connectivity index (χ3v) is 2.18. The Bertz CT molecular complexity index is 246. The van der Waals surface area contributed by atoms with Gasteiger partial charge in [-0.05, 0) is 0 Å². The zero-order chi connectivity index (χ0) is 8.97. The van der Waals surface area contributed by atoms with Gasteiger partial charge in [-0.1, -0.05) is 5.92 Å². The van der Waals surface area contributed by atoms with Crippen molar-refractivity contribution in [2.24, 2.45) is 0 Å². The molecule has 0 aromatic rings. The minimum atomic E-state index is -0.675. The lowest BCUT2D eigenvalue weighted by Crippen LogP contribution is -2.31. The number of amides is 1. The Hall–Kier alpha value is -1.15. The maximum Gasteiger partial charge on any atom is 0.415 e. The highest BCUT2D eigenvalue weighted by Crippen LogP contribution is 2.07. The fourth-order valence-electron chi connectivity index (χ4n) is 0.739. The summed E-state index contributed by atoms with van der Waals surface area (Å²) in [6.45, 7) is 0. The molecular weight excluding hydrogens is 178 g/mol. The van der Waals surface area contributed by atoms with Crippen LogP contribution in [0.25, 0.3) is 0 Å². The predicted octanol–water partition coefficient (Wildman–Crippen LogP) is -0.0122. The van der Waals surface area contributed by atoms with Crippen molar-refractivity contribution in [3.63, 3.8) is 0 Å². The molecule has 4 nitrogen and oxygen atoms in total. The van der Waals surface area contributed by atoms with Crippen LogP contribution in [0.2, 0.25) is 0 Å². The van der Waals surface area contributed by atoms with E-state index in [0.717, 1.165) is 0 Å². The highest BCUT2D eigenvalue weighted by atomic mass is 32.2. The van der Waals surface area contributed by atoms with Crippen molar-refractivity contribution < 1.29 is 14.3 Å². The average molecular weight is 185 g/mol. The zero-order valence-electron chi connectivity index (χ0n) is 6.20. The van der Waals surface area contributed by atoms with Crippen molar-refractivity contribution in [2.75, 3.05) is 11.5 Å². The number of thioether (sulfide) groups is 1. The summed E-state index contributed by atoms with van der Waals surface area (Å²) in [4.78, 5) is 21.3. The lowest BCUT2D eigenvalue weighted by atomic mass is 10.4. The van der Waals surface area contributed by atoms with Crippen LogP contribution >= 0.6 is 11.8 Å². The second kappa shape index (κ2) is 4.02. The van der Waals surface area contributed by atoms with Crippen LogP contribution in [-0.2, 0) is 9.53 Å². The van der Waals surface area contributed by atoms with Gasteiger partial charge in [-0.25, -0.2) is 9.59 Å². The van der Waals surface area contributed by atoms with Crippen LogP contribution in [-0.4, -0.2) is 29.6 Å². The molecule has 5 heteroatoms. The van der Waals surface area contributed by atoms with Gasteiger partial charge in [0.1, 0.15) is 6.04 Å². The monoisotopic (exact) mass is 185 g/mol. The predicted molar refractivity (Wildman–Crippen MR) is 44.6 cm³/mol. The summed E-state index contributed by atoms with van der Waals surface area (Å²) in [6, 6.07) is -0.532. The number of terminal acetylenes is 1. The van der Waals surface area contributed by atoms with E-state index >= 15 is 0 Å². The third kappa shape index (κ3) is 2.17. The standard InChI is InChI=1S/C7H7NO3S/c1-2-3-12-4-5-6(9)11-7(10)8-5/h1,5H,3-4H2,(H,8,10)/t5-/m0/s1. The first-order valence-corrected chi connectivity index (χ1v) is 4.43. The number of carbonyl (C=O) groups is 2. The Balaban J connectivity index is 2.29. The smallest absolute Gasteiger partial charge is 0.375 e. The van der Waals surface area contributed by atoms with E-state index in [1.807, 2.05) is 0 Å². The van der Waals surface area contributed by atoms with Gasteiger partial charge in [0.05, 0.1) is 5.75 Å². The molecule has 1 amide bonds. The van der Waals surface area contributed by atoms with Crippen molar-refractivity contribution in [3.05, 3.63) is 0 Å². The van der Waals surface area contributed by atoms with Crippen molar-refractivity contribution in [1.82, 2.24) is 5.32 Å². The molecule has 1 rings (SSSR count). The Morgan fingerprint density at radius 2 is 2.42 bits per heavy atom. The molecule has 1 saturated heterocycles. The van der Waals surface area contributed by atoms with Crippen LogP contribution in [0.5, 0.6) is 0 Å². The van der Waals surface area contributed by atoms with E-state index in [9.17, 15) is 9.59 Å². The highest BCUT2D eigenvalue weighted by Gasteiger charge is 2.31. The van der Waals surface area contributed by atoms with Gasteiger partial charge >= 0.3 is 12.1 Å². The van der Waals surface area contributed by atoms with Crippen LogP contribution in [0.15, 0.2) is 0 Å². The van der Waals surface area contributed by atoms with Crippen molar-refractivity contribution in [1.29, 1.82) is 0 Å². The summed E-state index contributed by atoms with van der Waals surface area (Å²) < 4.78 is 4.25. The quantitative estimate of drug-likeness (QED) is 0.291. The fourth-order valence-corrected chi connectivity index (χ4v) is 1.43. The summed E-state index contributed by atoms with van der Waals surface area (Å²) in [6.07, 6.45) is 4.33. The first kappa shape index (κ1) is 8.94. The minimum Gasteiger partial charge on any atom is -0.375 e. The first-order chi connectivity index (χ1) is 5.74. The number of nitrogens with one attached hydrogen (secondary N) is 1. The van der Waals surface area contributed by atoms with Gasteiger partial charge in [0, 0.05) is 5.75 Å². The van der Waals surface area contributed by atoms with E-state index < -0.39 is 18.1 Å². The normalized spacial score (nSPS) is 21.4. The molecule has 1 aliphatic heterocycles. The summed E-state index contributed by atoms with van der Waals surface area (Å²) in [5, 5.41) is 2.36. The van der Waals surface area contributed by atoms with E-state index in [1.54, 1.807) is 0 Å². The molecule has 0 unspecified atom stereocenters. The van der Waals surface area contributed by atoms with E-state index in [4.69, 9.17) is 6.42 Å². The lowest BCUT2D eigenvalue weighted by molar-refractivity contribution is -0.134. The number of esters is 1. The number of alkyl carbamates (subject to hydrolysis) is 1. The van der Waals surface area contributed by atoms with Crippen molar-refractivity contribution in [2.45, 2.75) is 6.04 Å². The Labute approximate surface area is 74.0 Å². The van der Waals surface area contributed by atoms with E-state index in [2.05, 4.69) is 16.0 Å². The lowest BCUT2D eigenvalue weighted by Gasteiger charge is -2.01. The number of ether oxygens (including phenoxy) is 1. The van der Waals surface area contributed by atoms with Gasteiger partial charge in [0.15, 0.2) is 0 Å². The molecule has 0 aromatic carbocycles. The molecular formula is C7H7NO3S. The van der Waals surface area contributed by atoms with Gasteiger partial charge in [0.25, 0.3) is 0 Å². The summed E-state index contributed by atoms with van der Waals surface area (Å²) in [5.74, 6) is 2.89. The number of rotatable bonds is 3. The molecule has 12 heavy (non-hydrogen) atoms. The second-order valence-corrected chi connectivity index (χ2v) is 3.15. The van der Waals surface area contributed by atoms with E-state index in [0.29, 0.717) is 11.5 Å². The molecule has 1 aliphatic rings. The highest BCUT2D eigenvalue weighted by molar-refractivity contribution is 7.99. The average Bonchev–Trinajstić information content (AvgIpc) is 2.31. The maximum atomic E-state index is 10.8. The number of cyclic esters (lactones) is 2. The number of carbonyl (C=O) groups excluding carboxylic acids is 2. The summed E-state index contributed by atoms with van der Waals surface area (Å²) >= 11 is 1.40. The summed E-state index contributed by atoms with van der Waals surface area (Å²) in [5.41, 5.74) is 0. The molecule has 0 aliphatic carbocycles. The van der Waals surface area contributed by atoms with Crippen LogP contribution in [0.3, 0.4) is 0 Å². The molecule has 0 bridgehead atoms. The summed E-state index contributed by atoms with van der Waals surface area (Å²) in [7, 11) is 0. The molecule has 1 fully saturated rings. The zero-order valence-corrected chi connectivity index (χ0v) is 7.02. The van der Waals surface area contributed by atoms with Crippen LogP contribution in [0.1, 0.15) is 0 Å². The number of hydrogen-bond donors (Lipinski definition) is 1. The SMILES string of the molecule is C#CCSC[C@@H]1NC(=O)OC1=O.